The van der Waals surface area contributed by atoms with Crippen LogP contribution in [-0.4, -0.2) is 24.2 Å². The van der Waals surface area contributed by atoms with Crippen LogP contribution in [0.15, 0.2) is 46.0 Å². The van der Waals surface area contributed by atoms with Crippen LogP contribution in [0.4, 0.5) is 0 Å². The van der Waals surface area contributed by atoms with Gasteiger partial charge in [0.25, 0.3) is 0 Å². The lowest BCUT2D eigenvalue weighted by Gasteiger charge is -2.20. The maximum atomic E-state index is 13.0. The number of rotatable bonds is 0. The lowest BCUT2D eigenvalue weighted by atomic mass is 9.89. The highest BCUT2D eigenvalue weighted by Gasteiger charge is 2.23. The smallest absolute Gasteiger partial charge is 0.193 e. The zero-order valence-corrected chi connectivity index (χ0v) is 19.8. The number of pyridine rings is 2. The fourth-order valence-electron chi connectivity index (χ4n) is 4.01. The summed E-state index contributed by atoms with van der Waals surface area (Å²) in [6.45, 7) is 8.22. The van der Waals surface area contributed by atoms with Crippen molar-refractivity contribution in [2.75, 3.05) is 14.2 Å². The molecule has 168 valence electrons. The van der Waals surface area contributed by atoms with E-state index in [1.54, 1.807) is 14.2 Å². The van der Waals surface area contributed by atoms with Crippen molar-refractivity contribution in [3.05, 3.63) is 90.5 Å². The van der Waals surface area contributed by atoms with E-state index in [1.807, 2.05) is 50.2 Å². The summed E-state index contributed by atoms with van der Waals surface area (Å²) in [4.78, 5) is 32.8. The number of methoxy groups -OCH3 is 1. The van der Waals surface area contributed by atoms with E-state index in [0.717, 1.165) is 44.7 Å². The fraction of sp³-hybridized carbons (Fsp3) is 0.333. The van der Waals surface area contributed by atoms with Gasteiger partial charge in [0.05, 0.1) is 0 Å². The van der Waals surface area contributed by atoms with E-state index in [1.165, 1.54) is 6.42 Å². The van der Waals surface area contributed by atoms with Crippen molar-refractivity contribution in [2.45, 2.75) is 47.0 Å². The third kappa shape index (κ3) is 4.53. The molecule has 4 aromatic rings. The zero-order valence-electron chi connectivity index (χ0n) is 19.8. The Hall–Kier alpha value is -3.18. The van der Waals surface area contributed by atoms with Crippen LogP contribution in [0.1, 0.15) is 53.9 Å². The predicted octanol–water partition coefficient (Wildman–Crippen LogP) is 5.16. The molecular weight excluding hydrogens is 400 g/mol. The number of hydrogen-bond donors (Lipinski definition) is 2. The maximum absolute atomic E-state index is 13.0. The Morgan fingerprint density at radius 1 is 0.750 bits per heavy atom. The van der Waals surface area contributed by atoms with E-state index in [4.69, 9.17) is 0 Å². The first-order valence-electron chi connectivity index (χ1n) is 11.0. The Kier molecular flexibility index (Phi) is 7.31. The molecule has 0 aliphatic heterocycles. The molecular formula is C27H32N2O3. The summed E-state index contributed by atoms with van der Waals surface area (Å²) < 4.78 is 4.25. The van der Waals surface area contributed by atoms with Crippen molar-refractivity contribution >= 4 is 21.8 Å². The molecule has 2 aromatic carbocycles. The number of fused-ring (bicyclic) bond motifs is 4. The number of nitrogens with one attached hydrogen (secondary N) is 2. The minimum absolute atomic E-state index is 0.0629. The number of H-pyrrole nitrogens is 2. The molecule has 0 amide bonds. The third-order valence-electron chi connectivity index (χ3n) is 5.39. The van der Waals surface area contributed by atoms with Crippen molar-refractivity contribution in [1.29, 1.82) is 0 Å². The molecule has 0 saturated carbocycles. The molecule has 0 saturated heterocycles. The van der Waals surface area contributed by atoms with Crippen molar-refractivity contribution < 1.29 is 4.74 Å². The molecule has 0 spiro atoms. The molecule has 1 aliphatic rings. The minimum atomic E-state index is 0.0629. The standard InChI is InChI=1S/C22H18N2O2.C3H8.C2H6O/c1-11-3-5-17-13(7-11)21(25)15-9-20-16(10-19(15)23-17)22(26)14-8-12(2)4-6-18(14)24-20;2*1-3-2/h3-8H,9-10H2,1-2H3,(H,23,25)(H,24,26);3H2,1-2H3;1-2H3. The normalized spacial score (nSPS) is 11.7. The van der Waals surface area contributed by atoms with E-state index in [2.05, 4.69) is 28.6 Å². The number of ether oxygens (including phenoxy) is 1. The first kappa shape index (κ1) is 23.5. The summed E-state index contributed by atoms with van der Waals surface area (Å²) in [5.74, 6) is 0. The number of aromatic nitrogens is 2. The van der Waals surface area contributed by atoms with Gasteiger partial charge in [0.1, 0.15) is 0 Å². The van der Waals surface area contributed by atoms with Gasteiger partial charge >= 0.3 is 0 Å². The Morgan fingerprint density at radius 2 is 1.09 bits per heavy atom. The molecule has 0 fully saturated rings. The van der Waals surface area contributed by atoms with Gasteiger partial charge in [0.15, 0.2) is 10.9 Å². The molecule has 0 bridgehead atoms. The highest BCUT2D eigenvalue weighted by molar-refractivity contribution is 5.82. The van der Waals surface area contributed by atoms with Crippen molar-refractivity contribution in [3.63, 3.8) is 0 Å². The number of aromatic amines is 2. The van der Waals surface area contributed by atoms with Crippen LogP contribution in [0.3, 0.4) is 0 Å². The van der Waals surface area contributed by atoms with E-state index in [9.17, 15) is 9.59 Å². The molecule has 1 aliphatic carbocycles. The first-order valence-corrected chi connectivity index (χ1v) is 11.0. The average Bonchev–Trinajstić information content (AvgIpc) is 2.76. The third-order valence-corrected chi connectivity index (χ3v) is 5.39. The second-order valence-electron chi connectivity index (χ2n) is 8.39. The quantitative estimate of drug-likeness (QED) is 0.355. The molecule has 5 nitrogen and oxygen atoms in total. The van der Waals surface area contributed by atoms with Crippen LogP contribution < -0.4 is 10.9 Å². The topological polar surface area (TPSA) is 75.0 Å². The van der Waals surface area contributed by atoms with Crippen LogP contribution in [0, 0.1) is 13.8 Å². The van der Waals surface area contributed by atoms with Gasteiger partial charge in [-0.25, -0.2) is 0 Å². The van der Waals surface area contributed by atoms with Crippen molar-refractivity contribution in [3.8, 4) is 0 Å². The molecule has 5 heteroatoms. The molecule has 0 unspecified atom stereocenters. The Balaban J connectivity index is 0.000000437. The van der Waals surface area contributed by atoms with Gasteiger partial charge in [-0.3, -0.25) is 9.59 Å². The first-order chi connectivity index (χ1) is 15.3. The van der Waals surface area contributed by atoms with Crippen molar-refractivity contribution in [1.82, 2.24) is 9.97 Å². The van der Waals surface area contributed by atoms with Gasteiger partial charge in [0.2, 0.25) is 0 Å². The summed E-state index contributed by atoms with van der Waals surface area (Å²) >= 11 is 0. The van der Waals surface area contributed by atoms with Crippen LogP contribution in [0.5, 0.6) is 0 Å². The van der Waals surface area contributed by atoms with Crippen molar-refractivity contribution in [2.24, 2.45) is 0 Å². The molecule has 32 heavy (non-hydrogen) atoms. The molecule has 0 radical (unpaired) electrons. The van der Waals surface area contributed by atoms with Crippen LogP contribution in [0.25, 0.3) is 21.8 Å². The van der Waals surface area contributed by atoms with E-state index >= 15 is 0 Å². The average molecular weight is 433 g/mol. The molecule has 5 rings (SSSR count). The minimum Gasteiger partial charge on any atom is -0.388 e. The summed E-state index contributed by atoms with van der Waals surface area (Å²) in [6.07, 6.45) is 2.17. The number of benzene rings is 2. The lowest BCUT2D eigenvalue weighted by Crippen LogP contribution is -2.26. The Labute approximate surface area is 188 Å². The summed E-state index contributed by atoms with van der Waals surface area (Å²) in [5, 5.41) is 1.43. The molecule has 2 aromatic heterocycles. The van der Waals surface area contributed by atoms with Gasteiger partial charge in [0, 0.05) is 71.4 Å². The van der Waals surface area contributed by atoms with Crippen LogP contribution in [0.2, 0.25) is 0 Å². The SMILES string of the molecule is CCC.COC.Cc1ccc2[nH]c3c(c(=O)c2c1)Cc1[nH]c2ccc(C)cc2c(=O)c1C3. The molecule has 0 atom stereocenters. The summed E-state index contributed by atoms with van der Waals surface area (Å²) in [7, 11) is 3.25. The largest absolute Gasteiger partial charge is 0.388 e. The highest BCUT2D eigenvalue weighted by Crippen LogP contribution is 2.25. The molecule has 2 N–H and O–H groups in total. The van der Waals surface area contributed by atoms with Crippen LogP contribution >= 0.6 is 0 Å². The number of aryl methyl sites for hydroxylation is 2. The van der Waals surface area contributed by atoms with Gasteiger partial charge in [-0.05, 0) is 38.1 Å². The summed E-state index contributed by atoms with van der Waals surface area (Å²) in [5.41, 5.74) is 7.15. The molecule has 2 heterocycles. The zero-order chi connectivity index (χ0) is 23.4. The van der Waals surface area contributed by atoms with Gasteiger partial charge in [-0.15, -0.1) is 0 Å². The summed E-state index contributed by atoms with van der Waals surface area (Å²) in [6, 6.07) is 11.7. The van der Waals surface area contributed by atoms with E-state index < -0.39 is 0 Å². The Morgan fingerprint density at radius 3 is 1.44 bits per heavy atom. The van der Waals surface area contributed by atoms with E-state index in [0.29, 0.717) is 23.6 Å². The number of hydrogen-bond acceptors (Lipinski definition) is 3. The Bertz CT molecular complexity index is 1270. The second-order valence-corrected chi connectivity index (χ2v) is 8.39. The second kappa shape index (κ2) is 9.96. The van der Waals surface area contributed by atoms with Crippen LogP contribution in [-0.2, 0) is 17.6 Å². The van der Waals surface area contributed by atoms with Gasteiger partial charge in [-0.1, -0.05) is 43.5 Å². The lowest BCUT2D eigenvalue weighted by molar-refractivity contribution is 0.277. The monoisotopic (exact) mass is 432 g/mol. The van der Waals surface area contributed by atoms with E-state index in [-0.39, 0.29) is 10.9 Å². The predicted molar refractivity (Wildman–Crippen MR) is 133 cm³/mol. The highest BCUT2D eigenvalue weighted by atomic mass is 16.4. The fourth-order valence-corrected chi connectivity index (χ4v) is 4.01. The van der Waals surface area contributed by atoms with Gasteiger partial charge < -0.3 is 14.7 Å². The van der Waals surface area contributed by atoms with Gasteiger partial charge in [-0.2, -0.15) is 0 Å². The maximum Gasteiger partial charge on any atom is 0.193 e.